The molecule has 1 atom stereocenters. The number of carbonyl (C=O) groups excluding carboxylic acids is 1. The Morgan fingerprint density at radius 1 is 1.32 bits per heavy atom. The third-order valence-corrected chi connectivity index (χ3v) is 6.28. The number of anilines is 1. The molecule has 1 heterocycles. The largest absolute Gasteiger partial charge is 0.495 e. The molecule has 0 bridgehead atoms. The second kappa shape index (κ2) is 9.61. The Bertz CT molecular complexity index is 892. The van der Waals surface area contributed by atoms with Gasteiger partial charge in [0.2, 0.25) is 5.91 Å². The van der Waals surface area contributed by atoms with Crippen LogP contribution in [0.2, 0.25) is 0 Å². The van der Waals surface area contributed by atoms with Crippen LogP contribution in [0.3, 0.4) is 0 Å². The standard InChI is InChI=1S/C22H25N3O2S/c1-3-20(21(26)24-18-11-7-8-12-19(18)27-2)28-22-16(14-23)13-15-9-5-4-6-10-17(15)25-22/h7-8,11-13,20H,3-6,9-10H2,1-2H3,(H,24,26). The molecule has 5 nitrogen and oxygen atoms in total. The molecule has 28 heavy (non-hydrogen) atoms. The summed E-state index contributed by atoms with van der Waals surface area (Å²) in [5, 5.41) is 12.9. The summed E-state index contributed by atoms with van der Waals surface area (Å²) in [6.45, 7) is 1.97. The average molecular weight is 396 g/mol. The summed E-state index contributed by atoms with van der Waals surface area (Å²) in [7, 11) is 1.58. The number of pyridine rings is 1. The van der Waals surface area contributed by atoms with Crippen LogP contribution in [-0.4, -0.2) is 23.3 Å². The number of carbonyl (C=O) groups is 1. The molecule has 1 N–H and O–H groups in total. The number of nitrogens with zero attached hydrogens (tertiary/aromatic N) is 2. The van der Waals surface area contributed by atoms with Crippen LogP contribution in [0.1, 0.15) is 49.4 Å². The molecule has 1 aliphatic rings. The number of benzene rings is 1. The number of para-hydroxylation sites is 2. The van der Waals surface area contributed by atoms with E-state index in [4.69, 9.17) is 9.72 Å². The average Bonchev–Trinajstić information content (AvgIpc) is 2.96. The number of methoxy groups -OCH3 is 1. The Morgan fingerprint density at radius 2 is 2.11 bits per heavy atom. The Kier molecular flexibility index (Phi) is 6.94. The molecule has 0 spiro atoms. The number of nitrogens with one attached hydrogen (secondary N) is 1. The molecule has 0 saturated heterocycles. The minimum atomic E-state index is -0.339. The Hall–Kier alpha value is -2.52. The number of nitriles is 1. The minimum Gasteiger partial charge on any atom is -0.495 e. The van der Waals surface area contributed by atoms with Crippen LogP contribution in [0, 0.1) is 11.3 Å². The molecule has 6 heteroatoms. The highest BCUT2D eigenvalue weighted by atomic mass is 32.2. The van der Waals surface area contributed by atoms with Gasteiger partial charge in [-0.25, -0.2) is 4.98 Å². The van der Waals surface area contributed by atoms with E-state index in [1.165, 1.54) is 23.7 Å². The molecule has 0 radical (unpaired) electrons. The molecule has 1 aromatic heterocycles. The fourth-order valence-corrected chi connectivity index (χ4v) is 4.38. The lowest BCUT2D eigenvalue weighted by Crippen LogP contribution is -2.25. The van der Waals surface area contributed by atoms with E-state index in [1.807, 2.05) is 37.3 Å². The van der Waals surface area contributed by atoms with Crippen molar-refractivity contribution >= 4 is 23.4 Å². The topological polar surface area (TPSA) is 75.0 Å². The van der Waals surface area contributed by atoms with Gasteiger partial charge in [-0.3, -0.25) is 4.79 Å². The summed E-state index contributed by atoms with van der Waals surface area (Å²) < 4.78 is 5.31. The fraction of sp³-hybridized carbons (Fsp3) is 0.409. The van der Waals surface area contributed by atoms with Gasteiger partial charge in [0.1, 0.15) is 16.8 Å². The van der Waals surface area contributed by atoms with E-state index in [9.17, 15) is 10.1 Å². The Morgan fingerprint density at radius 3 is 2.86 bits per heavy atom. The summed E-state index contributed by atoms with van der Waals surface area (Å²) >= 11 is 1.37. The predicted molar refractivity (Wildman–Crippen MR) is 112 cm³/mol. The lowest BCUT2D eigenvalue weighted by atomic mass is 10.1. The lowest BCUT2D eigenvalue weighted by molar-refractivity contribution is -0.115. The van der Waals surface area contributed by atoms with E-state index in [0.717, 1.165) is 31.4 Å². The maximum Gasteiger partial charge on any atom is 0.238 e. The van der Waals surface area contributed by atoms with Gasteiger partial charge >= 0.3 is 0 Å². The maximum atomic E-state index is 12.9. The summed E-state index contributed by atoms with van der Waals surface area (Å²) in [5.74, 6) is 0.509. The van der Waals surface area contributed by atoms with Gasteiger partial charge in [0.25, 0.3) is 0 Å². The van der Waals surface area contributed by atoms with Crippen molar-refractivity contribution in [1.82, 2.24) is 4.98 Å². The van der Waals surface area contributed by atoms with E-state index in [1.54, 1.807) is 7.11 Å². The van der Waals surface area contributed by atoms with Gasteiger partial charge in [0.05, 0.1) is 23.6 Å². The first-order valence-electron chi connectivity index (χ1n) is 9.69. The first kappa shape index (κ1) is 20.2. The van der Waals surface area contributed by atoms with E-state index < -0.39 is 0 Å². The highest BCUT2D eigenvalue weighted by Crippen LogP contribution is 2.32. The normalized spacial score (nSPS) is 14.3. The third kappa shape index (κ3) is 4.66. The zero-order chi connectivity index (χ0) is 19.9. The van der Waals surface area contributed by atoms with Gasteiger partial charge in [0.15, 0.2) is 0 Å². The number of fused-ring (bicyclic) bond motifs is 1. The molecule has 0 aliphatic heterocycles. The summed E-state index contributed by atoms with van der Waals surface area (Å²) in [6.07, 6.45) is 6.02. The van der Waals surface area contributed by atoms with Crippen LogP contribution in [0.5, 0.6) is 5.75 Å². The van der Waals surface area contributed by atoms with Crippen LogP contribution >= 0.6 is 11.8 Å². The quantitative estimate of drug-likeness (QED) is 0.565. The highest BCUT2D eigenvalue weighted by molar-refractivity contribution is 8.00. The number of ether oxygens (including phenoxy) is 1. The molecule has 0 saturated carbocycles. The molecular formula is C22H25N3O2S. The zero-order valence-electron chi connectivity index (χ0n) is 16.3. The number of rotatable bonds is 6. The molecule has 1 aromatic carbocycles. The third-order valence-electron chi connectivity index (χ3n) is 4.92. The second-order valence-corrected chi connectivity index (χ2v) is 8.02. The van der Waals surface area contributed by atoms with Crippen LogP contribution in [0.4, 0.5) is 5.69 Å². The molecular weight excluding hydrogens is 370 g/mol. The number of aromatic nitrogens is 1. The van der Waals surface area contributed by atoms with Crippen molar-refractivity contribution in [3.05, 3.63) is 47.2 Å². The summed E-state index contributed by atoms with van der Waals surface area (Å²) in [6, 6.07) is 11.6. The fourth-order valence-electron chi connectivity index (χ4n) is 3.38. The van der Waals surface area contributed by atoms with Gasteiger partial charge in [-0.1, -0.05) is 37.2 Å². The van der Waals surface area contributed by atoms with Crippen molar-refractivity contribution < 1.29 is 9.53 Å². The molecule has 1 aliphatic carbocycles. The molecule has 1 amide bonds. The molecule has 3 rings (SSSR count). The van der Waals surface area contributed by atoms with Crippen molar-refractivity contribution in [3.63, 3.8) is 0 Å². The molecule has 1 unspecified atom stereocenters. The van der Waals surface area contributed by atoms with Gasteiger partial charge < -0.3 is 10.1 Å². The SMILES string of the molecule is CCC(Sc1nc2c(cc1C#N)CCCCC2)C(=O)Nc1ccccc1OC. The van der Waals surface area contributed by atoms with Crippen molar-refractivity contribution in [2.75, 3.05) is 12.4 Å². The summed E-state index contributed by atoms with van der Waals surface area (Å²) in [4.78, 5) is 17.7. The number of thioether (sulfide) groups is 1. The molecule has 146 valence electrons. The highest BCUT2D eigenvalue weighted by Gasteiger charge is 2.23. The smallest absolute Gasteiger partial charge is 0.238 e. The Balaban J connectivity index is 1.81. The lowest BCUT2D eigenvalue weighted by Gasteiger charge is -2.17. The molecule has 2 aromatic rings. The van der Waals surface area contributed by atoms with Crippen LogP contribution in [0.25, 0.3) is 0 Å². The Labute approximate surface area is 170 Å². The van der Waals surface area contributed by atoms with Gasteiger partial charge in [-0.15, -0.1) is 0 Å². The first-order chi connectivity index (χ1) is 13.7. The number of hydrogen-bond acceptors (Lipinski definition) is 5. The number of amides is 1. The molecule has 0 fully saturated rings. The zero-order valence-corrected chi connectivity index (χ0v) is 17.1. The van der Waals surface area contributed by atoms with Gasteiger partial charge in [-0.05, 0) is 55.9 Å². The van der Waals surface area contributed by atoms with E-state index >= 15 is 0 Å². The van der Waals surface area contributed by atoms with Gasteiger partial charge in [-0.2, -0.15) is 5.26 Å². The maximum absolute atomic E-state index is 12.9. The van der Waals surface area contributed by atoms with Crippen LogP contribution in [-0.2, 0) is 17.6 Å². The number of aryl methyl sites for hydroxylation is 2. The van der Waals surface area contributed by atoms with Crippen LogP contribution < -0.4 is 10.1 Å². The van der Waals surface area contributed by atoms with Crippen molar-refractivity contribution in [1.29, 1.82) is 5.26 Å². The second-order valence-electron chi connectivity index (χ2n) is 6.82. The first-order valence-corrected chi connectivity index (χ1v) is 10.6. The van der Waals surface area contributed by atoms with Crippen molar-refractivity contribution in [2.24, 2.45) is 0 Å². The van der Waals surface area contributed by atoms with Gasteiger partial charge in [0, 0.05) is 5.69 Å². The summed E-state index contributed by atoms with van der Waals surface area (Å²) in [5.41, 5.74) is 3.47. The van der Waals surface area contributed by atoms with Crippen molar-refractivity contribution in [3.8, 4) is 11.8 Å². The van der Waals surface area contributed by atoms with E-state index in [2.05, 4.69) is 11.4 Å². The predicted octanol–water partition coefficient (Wildman–Crippen LogP) is 4.74. The van der Waals surface area contributed by atoms with E-state index in [-0.39, 0.29) is 11.2 Å². The minimum absolute atomic E-state index is 0.113. The van der Waals surface area contributed by atoms with Crippen LogP contribution in [0.15, 0.2) is 35.4 Å². The van der Waals surface area contributed by atoms with E-state index in [0.29, 0.717) is 28.4 Å². The number of hydrogen-bond donors (Lipinski definition) is 1. The monoisotopic (exact) mass is 395 g/mol. The van der Waals surface area contributed by atoms with Crippen molar-refractivity contribution in [2.45, 2.75) is 55.7 Å².